The number of fused-ring (bicyclic) bond motifs is 1. The van der Waals surface area contributed by atoms with Crippen molar-refractivity contribution in [2.75, 3.05) is 5.32 Å². The molecule has 0 amide bonds. The molecule has 0 radical (unpaired) electrons. The molecule has 1 atom stereocenters. The first-order chi connectivity index (χ1) is 6.18. The number of aliphatic imine (C=N–C) groups is 1. The van der Waals surface area contributed by atoms with Crippen molar-refractivity contribution in [1.82, 2.24) is 0 Å². The van der Waals surface area contributed by atoms with Crippen LogP contribution >= 0.6 is 0 Å². The number of phenolic OH excluding ortho intramolecular Hbond substituents is 1. The van der Waals surface area contributed by atoms with Crippen LogP contribution in [0.1, 0.15) is 12.5 Å². The van der Waals surface area contributed by atoms with E-state index in [1.807, 2.05) is 6.92 Å². The van der Waals surface area contributed by atoms with Gasteiger partial charge >= 0.3 is 0 Å². The Kier molecular flexibility index (Phi) is 1.69. The Morgan fingerprint density at radius 3 is 3.08 bits per heavy atom. The van der Waals surface area contributed by atoms with E-state index in [1.165, 1.54) is 6.07 Å². The Bertz CT molecular complexity index is 376. The highest BCUT2D eigenvalue weighted by Crippen LogP contribution is 2.31. The number of nitrogens with zero attached hydrogens (tertiary/aromatic N) is 1. The molecule has 13 heavy (non-hydrogen) atoms. The van der Waals surface area contributed by atoms with E-state index in [0.29, 0.717) is 11.3 Å². The largest absolute Gasteiger partial charge is 0.503 e. The Hall–Kier alpha value is -1.58. The van der Waals surface area contributed by atoms with Gasteiger partial charge in [0.25, 0.3) is 0 Å². The van der Waals surface area contributed by atoms with Gasteiger partial charge in [-0.2, -0.15) is 0 Å². The normalized spacial score (nSPS) is 19.4. The van der Waals surface area contributed by atoms with Gasteiger partial charge in [0.1, 0.15) is 6.17 Å². The van der Waals surface area contributed by atoms with Crippen LogP contribution in [-0.2, 0) is 0 Å². The zero-order valence-corrected chi connectivity index (χ0v) is 7.08. The van der Waals surface area contributed by atoms with Crippen molar-refractivity contribution in [3.05, 3.63) is 23.5 Å². The van der Waals surface area contributed by atoms with Gasteiger partial charge in [0.15, 0.2) is 11.6 Å². The molecule has 1 aliphatic rings. The van der Waals surface area contributed by atoms with Crippen molar-refractivity contribution in [3.8, 4) is 5.75 Å². The van der Waals surface area contributed by atoms with Crippen LogP contribution in [0.4, 0.5) is 10.1 Å². The second-order valence-corrected chi connectivity index (χ2v) is 2.96. The third kappa shape index (κ3) is 1.24. The summed E-state index contributed by atoms with van der Waals surface area (Å²) in [5.74, 6) is -0.954. The van der Waals surface area contributed by atoms with Crippen molar-refractivity contribution in [2.45, 2.75) is 13.1 Å². The SMILES string of the molecule is CC1N=Cc2ccc(F)c(O)c2N1. The van der Waals surface area contributed by atoms with Gasteiger partial charge in [0.2, 0.25) is 0 Å². The number of halogens is 1. The summed E-state index contributed by atoms with van der Waals surface area (Å²) in [6.45, 7) is 1.82. The maximum atomic E-state index is 12.9. The molecular weight excluding hydrogens is 171 g/mol. The molecule has 0 aromatic heterocycles. The molecule has 3 nitrogen and oxygen atoms in total. The van der Waals surface area contributed by atoms with Gasteiger partial charge in [-0.05, 0) is 19.1 Å². The average molecular weight is 180 g/mol. The highest BCUT2D eigenvalue weighted by atomic mass is 19.1. The van der Waals surface area contributed by atoms with Crippen molar-refractivity contribution < 1.29 is 9.50 Å². The zero-order chi connectivity index (χ0) is 9.42. The molecule has 1 heterocycles. The Morgan fingerprint density at radius 1 is 1.54 bits per heavy atom. The molecule has 0 spiro atoms. The Balaban J connectivity index is 2.57. The van der Waals surface area contributed by atoms with Gasteiger partial charge < -0.3 is 10.4 Å². The molecule has 0 saturated heterocycles. The number of hydrogen-bond donors (Lipinski definition) is 2. The molecule has 0 aliphatic carbocycles. The topological polar surface area (TPSA) is 44.6 Å². The molecule has 0 saturated carbocycles. The predicted octanol–water partition coefficient (Wildman–Crippen LogP) is 1.72. The molecule has 4 heteroatoms. The van der Waals surface area contributed by atoms with Crippen LogP contribution in [0, 0.1) is 5.82 Å². The van der Waals surface area contributed by atoms with E-state index in [2.05, 4.69) is 10.3 Å². The number of aromatic hydroxyl groups is 1. The fourth-order valence-electron chi connectivity index (χ4n) is 1.28. The zero-order valence-electron chi connectivity index (χ0n) is 7.08. The Labute approximate surface area is 74.9 Å². The summed E-state index contributed by atoms with van der Waals surface area (Å²) in [7, 11) is 0. The molecule has 2 N–H and O–H groups in total. The molecule has 0 fully saturated rings. The van der Waals surface area contributed by atoms with Crippen molar-refractivity contribution in [2.24, 2.45) is 4.99 Å². The molecule has 1 unspecified atom stereocenters. The first-order valence-corrected chi connectivity index (χ1v) is 3.99. The maximum Gasteiger partial charge on any atom is 0.175 e. The highest BCUT2D eigenvalue weighted by Gasteiger charge is 2.16. The predicted molar refractivity (Wildman–Crippen MR) is 48.7 cm³/mol. The summed E-state index contributed by atoms with van der Waals surface area (Å²) < 4.78 is 12.9. The molecule has 2 rings (SSSR count). The number of rotatable bonds is 0. The summed E-state index contributed by atoms with van der Waals surface area (Å²) in [6.07, 6.45) is 1.50. The minimum Gasteiger partial charge on any atom is -0.503 e. The quantitative estimate of drug-likeness (QED) is 0.597. The fourth-order valence-corrected chi connectivity index (χ4v) is 1.28. The maximum absolute atomic E-state index is 12.9. The van der Waals surface area contributed by atoms with Crippen LogP contribution in [0.15, 0.2) is 17.1 Å². The van der Waals surface area contributed by atoms with Crippen LogP contribution < -0.4 is 5.32 Å². The number of anilines is 1. The monoisotopic (exact) mass is 180 g/mol. The van der Waals surface area contributed by atoms with Crippen molar-refractivity contribution in [1.29, 1.82) is 0 Å². The summed E-state index contributed by atoms with van der Waals surface area (Å²) in [4.78, 5) is 4.07. The molecule has 0 bridgehead atoms. The molecule has 68 valence electrons. The van der Waals surface area contributed by atoms with Gasteiger partial charge in [-0.1, -0.05) is 0 Å². The first-order valence-electron chi connectivity index (χ1n) is 3.99. The van der Waals surface area contributed by atoms with Gasteiger partial charge in [0, 0.05) is 11.8 Å². The van der Waals surface area contributed by atoms with Gasteiger partial charge in [-0.25, -0.2) is 4.39 Å². The minimum atomic E-state index is -0.617. The van der Waals surface area contributed by atoms with E-state index in [0.717, 1.165) is 0 Å². The third-order valence-corrected chi connectivity index (χ3v) is 1.95. The lowest BCUT2D eigenvalue weighted by Gasteiger charge is -2.19. The summed E-state index contributed by atoms with van der Waals surface area (Å²) in [5.41, 5.74) is 1.12. The van der Waals surface area contributed by atoms with Gasteiger partial charge in [-0.3, -0.25) is 4.99 Å². The van der Waals surface area contributed by atoms with Crippen molar-refractivity contribution in [3.63, 3.8) is 0 Å². The summed E-state index contributed by atoms with van der Waals surface area (Å²) in [5, 5.41) is 12.2. The van der Waals surface area contributed by atoms with E-state index in [1.54, 1.807) is 12.3 Å². The third-order valence-electron chi connectivity index (χ3n) is 1.95. The lowest BCUT2D eigenvalue weighted by Crippen LogP contribution is -2.18. The molecule has 1 aliphatic heterocycles. The standard InChI is InChI=1S/C9H9FN2O/c1-5-11-4-6-2-3-7(10)9(13)8(6)12-5/h2-5,12-13H,1H3. The van der Waals surface area contributed by atoms with E-state index >= 15 is 0 Å². The smallest absolute Gasteiger partial charge is 0.175 e. The van der Waals surface area contributed by atoms with E-state index < -0.39 is 5.82 Å². The van der Waals surface area contributed by atoms with E-state index in [4.69, 9.17) is 0 Å². The van der Waals surface area contributed by atoms with Crippen LogP contribution in [0.2, 0.25) is 0 Å². The Morgan fingerprint density at radius 2 is 2.31 bits per heavy atom. The second kappa shape index (κ2) is 2.73. The summed E-state index contributed by atoms with van der Waals surface area (Å²) in [6, 6.07) is 2.80. The highest BCUT2D eigenvalue weighted by molar-refractivity contribution is 5.91. The number of hydrogen-bond acceptors (Lipinski definition) is 3. The van der Waals surface area contributed by atoms with E-state index in [9.17, 15) is 9.50 Å². The molecular formula is C9H9FN2O. The number of benzene rings is 1. The van der Waals surface area contributed by atoms with Gasteiger partial charge in [0.05, 0.1) is 5.69 Å². The molecule has 1 aromatic rings. The molecule has 1 aromatic carbocycles. The lowest BCUT2D eigenvalue weighted by atomic mass is 10.1. The minimum absolute atomic E-state index is 0.125. The first kappa shape index (κ1) is 8.04. The fraction of sp³-hybridized carbons (Fsp3) is 0.222. The average Bonchev–Trinajstić information content (AvgIpc) is 2.12. The van der Waals surface area contributed by atoms with Gasteiger partial charge in [-0.15, -0.1) is 0 Å². The summed E-state index contributed by atoms with van der Waals surface area (Å²) >= 11 is 0. The lowest BCUT2D eigenvalue weighted by molar-refractivity contribution is 0.433. The van der Waals surface area contributed by atoms with Crippen LogP contribution in [0.5, 0.6) is 5.75 Å². The number of phenols is 1. The van der Waals surface area contributed by atoms with Crippen molar-refractivity contribution >= 4 is 11.9 Å². The van der Waals surface area contributed by atoms with E-state index in [-0.39, 0.29) is 11.9 Å². The number of nitrogens with one attached hydrogen (secondary N) is 1. The van der Waals surface area contributed by atoms with Crippen LogP contribution in [0.25, 0.3) is 0 Å². The van der Waals surface area contributed by atoms with Crippen LogP contribution in [0.3, 0.4) is 0 Å². The van der Waals surface area contributed by atoms with Crippen LogP contribution in [-0.4, -0.2) is 17.5 Å². The second-order valence-electron chi connectivity index (χ2n) is 2.96.